The van der Waals surface area contributed by atoms with Gasteiger partial charge in [0.15, 0.2) is 6.07 Å². The van der Waals surface area contributed by atoms with E-state index in [4.69, 9.17) is 5.26 Å². The first-order valence-electron chi connectivity index (χ1n) is 4.66. The van der Waals surface area contributed by atoms with Gasteiger partial charge in [0.1, 0.15) is 0 Å². The van der Waals surface area contributed by atoms with Crippen molar-refractivity contribution < 1.29 is 4.79 Å². The Balaban J connectivity index is 2.50. The number of thioether (sulfide) groups is 1. The number of carbonyl (C=O) groups is 1. The van der Waals surface area contributed by atoms with Crippen molar-refractivity contribution in [1.29, 1.82) is 5.26 Å². The molecule has 1 N–H and O–H groups in total. The second-order valence-corrected chi connectivity index (χ2v) is 4.21. The van der Waals surface area contributed by atoms with Gasteiger partial charge in [-0.05, 0) is 23.4 Å². The largest absolute Gasteiger partial charge is 0.339 e. The maximum atomic E-state index is 10.7. The van der Waals surface area contributed by atoms with Gasteiger partial charge in [-0.2, -0.15) is 5.26 Å². The molecule has 1 amide bonds. The lowest BCUT2D eigenvalue weighted by molar-refractivity contribution is -0.116. The SMILES string of the molecule is CCSc1ccc(CNC(=O)C#N)cc1. The van der Waals surface area contributed by atoms with Crippen LogP contribution in [-0.4, -0.2) is 11.7 Å². The monoisotopic (exact) mass is 220 g/mol. The lowest BCUT2D eigenvalue weighted by Gasteiger charge is -2.02. The van der Waals surface area contributed by atoms with E-state index in [1.165, 1.54) is 11.0 Å². The van der Waals surface area contributed by atoms with Crippen LogP contribution >= 0.6 is 11.8 Å². The maximum absolute atomic E-state index is 10.7. The molecular formula is C11H12N2OS. The third-order valence-corrected chi connectivity index (χ3v) is 2.68. The molecule has 4 heteroatoms. The molecule has 1 aromatic rings. The zero-order valence-electron chi connectivity index (χ0n) is 8.49. The molecule has 0 aromatic heterocycles. The number of carbonyl (C=O) groups excluding carboxylic acids is 1. The van der Waals surface area contributed by atoms with Crippen molar-refractivity contribution >= 4 is 17.7 Å². The van der Waals surface area contributed by atoms with Crippen molar-refractivity contribution in [2.75, 3.05) is 5.75 Å². The van der Waals surface area contributed by atoms with Crippen molar-refractivity contribution in [3.8, 4) is 6.07 Å². The molecule has 0 aliphatic heterocycles. The van der Waals surface area contributed by atoms with Crippen LogP contribution in [0.2, 0.25) is 0 Å². The smallest absolute Gasteiger partial charge is 0.322 e. The van der Waals surface area contributed by atoms with Crippen LogP contribution in [0.3, 0.4) is 0 Å². The first-order valence-corrected chi connectivity index (χ1v) is 5.64. The molecule has 0 atom stereocenters. The number of nitriles is 1. The molecule has 0 fully saturated rings. The van der Waals surface area contributed by atoms with Gasteiger partial charge in [0.05, 0.1) is 0 Å². The highest BCUT2D eigenvalue weighted by molar-refractivity contribution is 7.99. The molecule has 0 saturated carbocycles. The highest BCUT2D eigenvalue weighted by Gasteiger charge is 1.98. The van der Waals surface area contributed by atoms with E-state index in [0.29, 0.717) is 6.54 Å². The van der Waals surface area contributed by atoms with E-state index in [1.54, 1.807) is 11.8 Å². The van der Waals surface area contributed by atoms with Crippen LogP contribution in [0.15, 0.2) is 29.2 Å². The topological polar surface area (TPSA) is 52.9 Å². The average Bonchev–Trinajstić information content (AvgIpc) is 2.28. The van der Waals surface area contributed by atoms with Gasteiger partial charge in [0.25, 0.3) is 0 Å². The summed E-state index contributed by atoms with van der Waals surface area (Å²) >= 11 is 1.77. The summed E-state index contributed by atoms with van der Waals surface area (Å²) in [5.41, 5.74) is 0.999. The van der Waals surface area contributed by atoms with Crippen molar-refractivity contribution in [2.45, 2.75) is 18.4 Å². The molecule has 3 nitrogen and oxygen atoms in total. The first-order chi connectivity index (χ1) is 7.26. The summed E-state index contributed by atoms with van der Waals surface area (Å²) in [6.07, 6.45) is 0. The van der Waals surface area contributed by atoms with Crippen LogP contribution in [-0.2, 0) is 11.3 Å². The van der Waals surface area contributed by atoms with Crippen LogP contribution in [0.5, 0.6) is 0 Å². The summed E-state index contributed by atoms with van der Waals surface area (Å²) in [5, 5.41) is 10.8. The van der Waals surface area contributed by atoms with E-state index in [9.17, 15) is 4.79 Å². The van der Waals surface area contributed by atoms with Gasteiger partial charge in [0, 0.05) is 11.4 Å². The standard InChI is InChI=1S/C11H12N2OS/c1-2-15-10-5-3-9(4-6-10)8-13-11(14)7-12/h3-6H,2,8H2,1H3,(H,13,14). The van der Waals surface area contributed by atoms with Crippen molar-refractivity contribution in [3.05, 3.63) is 29.8 Å². The molecule has 0 saturated heterocycles. The van der Waals surface area contributed by atoms with E-state index in [2.05, 4.69) is 12.2 Å². The fourth-order valence-corrected chi connectivity index (χ4v) is 1.75. The quantitative estimate of drug-likeness (QED) is 0.623. The van der Waals surface area contributed by atoms with Gasteiger partial charge in [-0.3, -0.25) is 4.79 Å². The minimum Gasteiger partial charge on any atom is -0.339 e. The van der Waals surface area contributed by atoms with Gasteiger partial charge < -0.3 is 5.32 Å². The zero-order chi connectivity index (χ0) is 11.1. The summed E-state index contributed by atoms with van der Waals surface area (Å²) in [6.45, 7) is 2.51. The third-order valence-electron chi connectivity index (χ3n) is 1.79. The van der Waals surface area contributed by atoms with Gasteiger partial charge >= 0.3 is 5.91 Å². The predicted molar refractivity (Wildman–Crippen MR) is 60.3 cm³/mol. The number of benzene rings is 1. The summed E-state index contributed by atoms with van der Waals surface area (Å²) in [5.74, 6) is 0.451. The predicted octanol–water partition coefficient (Wildman–Crippen LogP) is 1.94. The average molecular weight is 220 g/mol. The lowest BCUT2D eigenvalue weighted by Crippen LogP contribution is -2.20. The molecule has 1 aromatic carbocycles. The molecule has 1 rings (SSSR count). The van der Waals surface area contributed by atoms with Gasteiger partial charge in [-0.1, -0.05) is 19.1 Å². The Hall–Kier alpha value is -1.47. The minimum absolute atomic E-state index is 0.406. The molecule has 15 heavy (non-hydrogen) atoms. The Morgan fingerprint density at radius 2 is 2.13 bits per heavy atom. The molecule has 0 heterocycles. The maximum Gasteiger partial charge on any atom is 0.322 e. The van der Waals surface area contributed by atoms with Crippen molar-refractivity contribution in [3.63, 3.8) is 0 Å². The van der Waals surface area contributed by atoms with Gasteiger partial charge in [-0.15, -0.1) is 11.8 Å². The van der Waals surface area contributed by atoms with Gasteiger partial charge in [-0.25, -0.2) is 0 Å². The summed E-state index contributed by atoms with van der Waals surface area (Å²) in [4.78, 5) is 11.9. The number of nitrogens with zero attached hydrogens (tertiary/aromatic N) is 1. The molecule has 0 bridgehead atoms. The summed E-state index contributed by atoms with van der Waals surface area (Å²) in [7, 11) is 0. The Kier molecular flexibility index (Phi) is 4.72. The van der Waals surface area contributed by atoms with Crippen LogP contribution in [0.25, 0.3) is 0 Å². The molecule has 0 aliphatic carbocycles. The second-order valence-electron chi connectivity index (χ2n) is 2.87. The van der Waals surface area contributed by atoms with Crippen LogP contribution < -0.4 is 5.32 Å². The Bertz CT molecular complexity index is 367. The van der Waals surface area contributed by atoms with Crippen molar-refractivity contribution in [2.24, 2.45) is 0 Å². The first kappa shape index (κ1) is 11.6. The van der Waals surface area contributed by atoms with Crippen LogP contribution in [0.4, 0.5) is 0 Å². The molecule has 0 radical (unpaired) electrons. The summed E-state index contributed by atoms with van der Waals surface area (Å²) < 4.78 is 0. The normalized spacial score (nSPS) is 9.33. The molecule has 0 unspecified atom stereocenters. The second kappa shape index (κ2) is 6.10. The fourth-order valence-electron chi connectivity index (χ4n) is 1.09. The number of hydrogen-bond donors (Lipinski definition) is 1. The number of amides is 1. The number of hydrogen-bond acceptors (Lipinski definition) is 3. The summed E-state index contributed by atoms with van der Waals surface area (Å²) in [6, 6.07) is 9.45. The third kappa shape index (κ3) is 4.05. The lowest BCUT2D eigenvalue weighted by atomic mass is 10.2. The van der Waals surface area contributed by atoms with E-state index in [-0.39, 0.29) is 0 Å². The highest BCUT2D eigenvalue weighted by atomic mass is 32.2. The Morgan fingerprint density at radius 1 is 1.47 bits per heavy atom. The molecule has 78 valence electrons. The highest BCUT2D eigenvalue weighted by Crippen LogP contribution is 2.17. The Morgan fingerprint density at radius 3 is 2.67 bits per heavy atom. The van der Waals surface area contributed by atoms with Crippen LogP contribution in [0.1, 0.15) is 12.5 Å². The van der Waals surface area contributed by atoms with Crippen molar-refractivity contribution in [1.82, 2.24) is 5.32 Å². The van der Waals surface area contributed by atoms with Gasteiger partial charge in [0.2, 0.25) is 0 Å². The Labute approximate surface area is 93.5 Å². The van der Waals surface area contributed by atoms with E-state index < -0.39 is 5.91 Å². The zero-order valence-corrected chi connectivity index (χ0v) is 9.30. The molecule has 0 aliphatic rings. The van der Waals surface area contributed by atoms with E-state index >= 15 is 0 Å². The fraction of sp³-hybridized carbons (Fsp3) is 0.273. The molecule has 0 spiro atoms. The number of nitrogens with one attached hydrogen (secondary N) is 1. The van der Waals surface area contributed by atoms with Crippen LogP contribution in [0, 0.1) is 11.3 Å². The molecular weight excluding hydrogens is 208 g/mol. The van der Waals surface area contributed by atoms with E-state index in [1.807, 2.05) is 24.3 Å². The minimum atomic E-state index is -0.595. The van der Waals surface area contributed by atoms with E-state index in [0.717, 1.165) is 11.3 Å². The number of rotatable bonds is 4.